The van der Waals surface area contributed by atoms with Crippen molar-refractivity contribution in [3.05, 3.63) is 71.4 Å². The van der Waals surface area contributed by atoms with E-state index in [0.717, 1.165) is 5.56 Å². The number of para-hydroxylation sites is 1. The maximum atomic E-state index is 12.1. The predicted molar refractivity (Wildman–Crippen MR) is 90.7 cm³/mol. The number of fused-ring (bicyclic) bond motifs is 1. The van der Waals surface area contributed by atoms with E-state index in [2.05, 4.69) is 9.72 Å². The number of halogens is 2. The van der Waals surface area contributed by atoms with Crippen LogP contribution in [0.25, 0.3) is 23.1 Å². The Kier molecular flexibility index (Phi) is 4.70. The molecule has 0 saturated heterocycles. The number of hydrogen-bond acceptors (Lipinski definition) is 3. The van der Waals surface area contributed by atoms with Crippen LogP contribution in [0.3, 0.4) is 0 Å². The second-order valence-corrected chi connectivity index (χ2v) is 5.20. The standard InChI is InChI=1S/C19H13F2NO3/c20-19(21)25-14-9-6-12(7-10-14)5-8-13-11-16(18(23)24)15-3-1-2-4-17(15)22-13/h1-11,19H,(H,23,24)/b8-5+. The number of aromatic nitrogens is 1. The minimum Gasteiger partial charge on any atom is -0.478 e. The zero-order chi connectivity index (χ0) is 17.8. The minimum absolute atomic E-state index is 0.0733. The van der Waals surface area contributed by atoms with Crippen LogP contribution in [-0.4, -0.2) is 22.7 Å². The van der Waals surface area contributed by atoms with Gasteiger partial charge >= 0.3 is 12.6 Å². The third kappa shape index (κ3) is 3.98. The number of carboxylic acid groups (broad SMARTS) is 1. The number of aromatic carboxylic acids is 1. The first-order valence-electron chi connectivity index (χ1n) is 7.39. The Bertz CT molecular complexity index is 937. The maximum Gasteiger partial charge on any atom is 0.387 e. The summed E-state index contributed by atoms with van der Waals surface area (Å²) in [5.41, 5.74) is 1.99. The summed E-state index contributed by atoms with van der Waals surface area (Å²) in [6.07, 6.45) is 3.39. The molecule has 2 aromatic carbocycles. The molecule has 4 nitrogen and oxygen atoms in total. The second kappa shape index (κ2) is 7.09. The fraction of sp³-hybridized carbons (Fsp3) is 0.0526. The van der Waals surface area contributed by atoms with Crippen molar-refractivity contribution in [2.75, 3.05) is 0 Å². The topological polar surface area (TPSA) is 59.4 Å². The van der Waals surface area contributed by atoms with E-state index < -0.39 is 12.6 Å². The highest BCUT2D eigenvalue weighted by Crippen LogP contribution is 2.20. The molecule has 6 heteroatoms. The van der Waals surface area contributed by atoms with Crippen LogP contribution >= 0.6 is 0 Å². The molecule has 0 aliphatic heterocycles. The van der Waals surface area contributed by atoms with E-state index in [-0.39, 0.29) is 11.3 Å². The van der Waals surface area contributed by atoms with E-state index >= 15 is 0 Å². The first-order chi connectivity index (χ1) is 12.0. The smallest absolute Gasteiger partial charge is 0.387 e. The van der Waals surface area contributed by atoms with Crippen molar-refractivity contribution in [3.63, 3.8) is 0 Å². The van der Waals surface area contributed by atoms with Crippen molar-refractivity contribution >= 4 is 29.0 Å². The van der Waals surface area contributed by atoms with Crippen molar-refractivity contribution < 1.29 is 23.4 Å². The molecule has 1 N–H and O–H groups in total. The van der Waals surface area contributed by atoms with Gasteiger partial charge in [0.05, 0.1) is 16.8 Å². The third-order valence-electron chi connectivity index (χ3n) is 3.52. The molecule has 0 aliphatic carbocycles. The Balaban J connectivity index is 1.89. The molecule has 126 valence electrons. The summed E-state index contributed by atoms with van der Waals surface area (Å²) < 4.78 is 28.5. The SMILES string of the molecule is O=C(O)c1cc(/C=C/c2ccc(OC(F)F)cc2)nc2ccccc12. The van der Waals surface area contributed by atoms with E-state index in [9.17, 15) is 18.7 Å². The van der Waals surface area contributed by atoms with E-state index in [1.807, 2.05) is 0 Å². The number of nitrogens with zero attached hydrogens (tertiary/aromatic N) is 1. The molecule has 0 amide bonds. The van der Waals surface area contributed by atoms with Gasteiger partial charge in [0, 0.05) is 5.39 Å². The maximum absolute atomic E-state index is 12.1. The lowest BCUT2D eigenvalue weighted by atomic mass is 10.1. The van der Waals surface area contributed by atoms with Crippen molar-refractivity contribution in [1.29, 1.82) is 0 Å². The van der Waals surface area contributed by atoms with Crippen molar-refractivity contribution in [2.45, 2.75) is 6.61 Å². The molecule has 0 aliphatic rings. The summed E-state index contributed by atoms with van der Waals surface area (Å²) in [6, 6.07) is 14.6. The molecule has 0 atom stereocenters. The number of pyridine rings is 1. The fourth-order valence-corrected chi connectivity index (χ4v) is 2.40. The molecule has 0 radical (unpaired) electrons. The molecule has 3 rings (SSSR count). The summed E-state index contributed by atoms with van der Waals surface area (Å²) >= 11 is 0. The zero-order valence-corrected chi connectivity index (χ0v) is 12.9. The van der Waals surface area contributed by atoms with E-state index in [1.165, 1.54) is 18.2 Å². The van der Waals surface area contributed by atoms with Gasteiger partial charge in [-0.2, -0.15) is 8.78 Å². The van der Waals surface area contributed by atoms with Gasteiger partial charge in [0.2, 0.25) is 0 Å². The Labute approximate surface area is 142 Å². The van der Waals surface area contributed by atoms with Crippen LogP contribution in [0.4, 0.5) is 8.78 Å². The molecule has 3 aromatic rings. The lowest BCUT2D eigenvalue weighted by Crippen LogP contribution is -2.01. The summed E-state index contributed by atoms with van der Waals surface area (Å²) in [7, 11) is 0. The quantitative estimate of drug-likeness (QED) is 0.730. The average Bonchev–Trinajstić information content (AvgIpc) is 2.60. The van der Waals surface area contributed by atoms with Gasteiger partial charge in [0.25, 0.3) is 0 Å². The summed E-state index contributed by atoms with van der Waals surface area (Å²) in [5.74, 6) is -0.953. The molecule has 25 heavy (non-hydrogen) atoms. The van der Waals surface area contributed by atoms with Gasteiger partial charge in [-0.05, 0) is 35.9 Å². The number of carboxylic acids is 1. The molecule has 0 spiro atoms. The van der Waals surface area contributed by atoms with Crippen molar-refractivity contribution in [1.82, 2.24) is 4.98 Å². The van der Waals surface area contributed by atoms with Crippen LogP contribution < -0.4 is 4.74 Å². The number of carbonyl (C=O) groups is 1. The van der Waals surface area contributed by atoms with Crippen LogP contribution in [0, 0.1) is 0 Å². The van der Waals surface area contributed by atoms with Gasteiger partial charge < -0.3 is 9.84 Å². The van der Waals surface area contributed by atoms with E-state index in [0.29, 0.717) is 16.6 Å². The van der Waals surface area contributed by atoms with E-state index in [1.54, 1.807) is 48.6 Å². The predicted octanol–water partition coefficient (Wildman–Crippen LogP) is 4.70. The average molecular weight is 341 g/mol. The number of hydrogen-bond donors (Lipinski definition) is 1. The first kappa shape index (κ1) is 16.6. The van der Waals surface area contributed by atoms with Gasteiger partial charge in [-0.3, -0.25) is 0 Å². The van der Waals surface area contributed by atoms with Gasteiger partial charge in [0.15, 0.2) is 0 Å². The van der Waals surface area contributed by atoms with Crippen molar-refractivity contribution in [3.8, 4) is 5.75 Å². The van der Waals surface area contributed by atoms with Crippen molar-refractivity contribution in [2.24, 2.45) is 0 Å². The highest BCUT2D eigenvalue weighted by Gasteiger charge is 2.10. The molecule has 0 unspecified atom stereocenters. The number of ether oxygens (including phenoxy) is 1. The first-order valence-corrected chi connectivity index (χ1v) is 7.39. The highest BCUT2D eigenvalue weighted by atomic mass is 19.3. The Hall–Kier alpha value is -3.28. The largest absolute Gasteiger partial charge is 0.478 e. The normalized spacial score (nSPS) is 11.3. The number of rotatable bonds is 5. The highest BCUT2D eigenvalue weighted by molar-refractivity contribution is 6.03. The molecule has 0 bridgehead atoms. The van der Waals surface area contributed by atoms with Crippen LogP contribution in [0.2, 0.25) is 0 Å². The third-order valence-corrected chi connectivity index (χ3v) is 3.52. The lowest BCUT2D eigenvalue weighted by molar-refractivity contribution is -0.0498. The second-order valence-electron chi connectivity index (χ2n) is 5.20. The molecule has 0 saturated carbocycles. The van der Waals surface area contributed by atoms with Gasteiger partial charge in [-0.15, -0.1) is 0 Å². The molecule has 1 aromatic heterocycles. The van der Waals surface area contributed by atoms with Gasteiger partial charge in [-0.1, -0.05) is 36.4 Å². The molecular weight excluding hydrogens is 328 g/mol. The fourth-order valence-electron chi connectivity index (χ4n) is 2.40. The van der Waals surface area contributed by atoms with Crippen LogP contribution in [0.1, 0.15) is 21.6 Å². The van der Waals surface area contributed by atoms with Gasteiger partial charge in [-0.25, -0.2) is 9.78 Å². The molecular formula is C19H13F2NO3. The minimum atomic E-state index is -2.86. The molecule has 1 heterocycles. The summed E-state index contributed by atoms with van der Waals surface area (Å²) in [5, 5.41) is 9.94. The lowest BCUT2D eigenvalue weighted by Gasteiger charge is -2.05. The Morgan fingerprint density at radius 2 is 1.80 bits per heavy atom. The Morgan fingerprint density at radius 1 is 1.08 bits per heavy atom. The molecule has 0 fully saturated rings. The summed E-state index contributed by atoms with van der Waals surface area (Å²) in [6.45, 7) is -2.86. The summed E-state index contributed by atoms with van der Waals surface area (Å²) in [4.78, 5) is 15.9. The van der Waals surface area contributed by atoms with Crippen LogP contribution in [0.15, 0.2) is 54.6 Å². The van der Waals surface area contributed by atoms with Gasteiger partial charge in [0.1, 0.15) is 5.75 Å². The zero-order valence-electron chi connectivity index (χ0n) is 12.9. The van der Waals surface area contributed by atoms with E-state index in [4.69, 9.17) is 0 Å². The number of alkyl halides is 2. The van der Waals surface area contributed by atoms with Crippen LogP contribution in [0.5, 0.6) is 5.75 Å². The number of benzene rings is 2. The Morgan fingerprint density at radius 3 is 2.48 bits per heavy atom. The monoisotopic (exact) mass is 341 g/mol. The van der Waals surface area contributed by atoms with Crippen LogP contribution in [-0.2, 0) is 0 Å².